The number of nitrogens with one attached hydrogen (secondary N) is 2. The fourth-order valence-corrected chi connectivity index (χ4v) is 2.62. The lowest BCUT2D eigenvalue weighted by molar-refractivity contribution is -0.117. The SMILES string of the molecule is CCCCCNC1C(=O)Nc2cc(C)cc(C)c21. The molecule has 0 saturated heterocycles. The summed E-state index contributed by atoms with van der Waals surface area (Å²) in [7, 11) is 0. The van der Waals surface area contributed by atoms with Gasteiger partial charge in [0.15, 0.2) is 0 Å². The molecule has 0 aliphatic carbocycles. The van der Waals surface area contributed by atoms with Crippen molar-refractivity contribution in [3.8, 4) is 0 Å². The van der Waals surface area contributed by atoms with Crippen molar-refractivity contribution in [3.63, 3.8) is 0 Å². The third-order valence-corrected chi connectivity index (χ3v) is 3.47. The minimum absolute atomic E-state index is 0.0789. The first-order valence-corrected chi connectivity index (χ1v) is 6.79. The van der Waals surface area contributed by atoms with E-state index in [1.807, 2.05) is 6.07 Å². The highest BCUT2D eigenvalue weighted by atomic mass is 16.2. The molecule has 0 saturated carbocycles. The number of rotatable bonds is 5. The van der Waals surface area contributed by atoms with E-state index >= 15 is 0 Å². The second kappa shape index (κ2) is 5.53. The number of carbonyl (C=O) groups excluding carboxylic acids is 1. The number of aryl methyl sites for hydroxylation is 2. The Morgan fingerprint density at radius 1 is 1.28 bits per heavy atom. The summed E-state index contributed by atoms with van der Waals surface area (Å²) in [5, 5.41) is 6.34. The van der Waals surface area contributed by atoms with Gasteiger partial charge in [-0.15, -0.1) is 0 Å². The van der Waals surface area contributed by atoms with Gasteiger partial charge in [0.05, 0.1) is 0 Å². The molecule has 0 aromatic heterocycles. The van der Waals surface area contributed by atoms with Crippen LogP contribution in [-0.2, 0) is 4.79 Å². The average Bonchev–Trinajstić information content (AvgIpc) is 2.61. The van der Waals surface area contributed by atoms with Crippen LogP contribution in [0.25, 0.3) is 0 Å². The highest BCUT2D eigenvalue weighted by molar-refractivity contribution is 6.03. The largest absolute Gasteiger partial charge is 0.324 e. The van der Waals surface area contributed by atoms with E-state index < -0.39 is 0 Å². The van der Waals surface area contributed by atoms with E-state index in [9.17, 15) is 4.79 Å². The molecule has 3 heteroatoms. The van der Waals surface area contributed by atoms with E-state index in [1.54, 1.807) is 0 Å². The lowest BCUT2D eigenvalue weighted by atomic mass is 9.99. The summed E-state index contributed by atoms with van der Waals surface area (Å²) in [6, 6.07) is 4.02. The van der Waals surface area contributed by atoms with E-state index in [0.717, 1.165) is 24.2 Å². The maximum atomic E-state index is 12.0. The zero-order valence-electron chi connectivity index (χ0n) is 11.5. The minimum atomic E-state index is -0.169. The summed E-state index contributed by atoms with van der Waals surface area (Å²) >= 11 is 0. The molecule has 2 N–H and O–H groups in total. The van der Waals surface area contributed by atoms with Crippen LogP contribution in [0.5, 0.6) is 0 Å². The fraction of sp³-hybridized carbons (Fsp3) is 0.533. The smallest absolute Gasteiger partial charge is 0.246 e. The van der Waals surface area contributed by atoms with Gasteiger partial charge in [-0.05, 0) is 44.0 Å². The second-order valence-electron chi connectivity index (χ2n) is 5.13. The Balaban J connectivity index is 2.12. The van der Waals surface area contributed by atoms with Gasteiger partial charge in [0.2, 0.25) is 5.91 Å². The lowest BCUT2D eigenvalue weighted by Crippen LogP contribution is -2.28. The maximum absolute atomic E-state index is 12.0. The van der Waals surface area contributed by atoms with Crippen LogP contribution < -0.4 is 10.6 Å². The van der Waals surface area contributed by atoms with Crippen molar-refractivity contribution in [1.29, 1.82) is 0 Å². The van der Waals surface area contributed by atoms with Crippen LogP contribution in [0.4, 0.5) is 5.69 Å². The lowest BCUT2D eigenvalue weighted by Gasteiger charge is -2.13. The van der Waals surface area contributed by atoms with Crippen molar-refractivity contribution in [2.24, 2.45) is 0 Å². The molecule has 1 aromatic rings. The third-order valence-electron chi connectivity index (χ3n) is 3.47. The number of unbranched alkanes of at least 4 members (excludes halogenated alkanes) is 2. The van der Waals surface area contributed by atoms with Crippen molar-refractivity contribution >= 4 is 11.6 Å². The molecular formula is C15H22N2O. The van der Waals surface area contributed by atoms with Crippen LogP contribution in [-0.4, -0.2) is 12.5 Å². The van der Waals surface area contributed by atoms with Gasteiger partial charge < -0.3 is 10.6 Å². The zero-order valence-corrected chi connectivity index (χ0v) is 11.5. The van der Waals surface area contributed by atoms with Crippen LogP contribution in [0.15, 0.2) is 12.1 Å². The van der Waals surface area contributed by atoms with Gasteiger partial charge in [-0.1, -0.05) is 25.8 Å². The number of hydrogen-bond donors (Lipinski definition) is 2. The van der Waals surface area contributed by atoms with Crippen molar-refractivity contribution in [2.45, 2.75) is 46.1 Å². The first kappa shape index (κ1) is 13.1. The van der Waals surface area contributed by atoms with Gasteiger partial charge in [-0.25, -0.2) is 0 Å². The molecule has 1 aliphatic heterocycles. The van der Waals surface area contributed by atoms with E-state index in [-0.39, 0.29) is 11.9 Å². The van der Waals surface area contributed by atoms with Crippen LogP contribution in [0.3, 0.4) is 0 Å². The summed E-state index contributed by atoms with van der Waals surface area (Å²) in [5.74, 6) is 0.0789. The Bertz CT molecular complexity index is 454. The molecule has 98 valence electrons. The van der Waals surface area contributed by atoms with E-state index in [0.29, 0.717) is 0 Å². The third kappa shape index (κ3) is 2.56. The number of fused-ring (bicyclic) bond motifs is 1. The molecule has 0 radical (unpaired) electrons. The number of benzene rings is 1. The Labute approximate surface area is 109 Å². The number of hydrogen-bond acceptors (Lipinski definition) is 2. The highest BCUT2D eigenvalue weighted by Crippen LogP contribution is 2.34. The Morgan fingerprint density at radius 2 is 2.06 bits per heavy atom. The molecule has 1 unspecified atom stereocenters. The van der Waals surface area contributed by atoms with E-state index in [1.165, 1.54) is 24.0 Å². The van der Waals surface area contributed by atoms with Gasteiger partial charge >= 0.3 is 0 Å². The van der Waals surface area contributed by atoms with Crippen molar-refractivity contribution in [3.05, 3.63) is 28.8 Å². The summed E-state index contributed by atoms with van der Waals surface area (Å²) in [5.41, 5.74) is 4.49. The summed E-state index contributed by atoms with van der Waals surface area (Å²) in [4.78, 5) is 12.0. The molecule has 1 amide bonds. The Hall–Kier alpha value is -1.35. The standard InChI is InChI=1S/C15H22N2O/c1-4-5-6-7-16-14-13-11(3)8-10(2)9-12(13)17-15(14)18/h8-9,14,16H,4-7H2,1-3H3,(H,17,18). The minimum Gasteiger partial charge on any atom is -0.324 e. The molecule has 0 spiro atoms. The second-order valence-corrected chi connectivity index (χ2v) is 5.13. The topological polar surface area (TPSA) is 41.1 Å². The molecule has 1 aromatic carbocycles. The predicted molar refractivity (Wildman–Crippen MR) is 74.8 cm³/mol. The van der Waals surface area contributed by atoms with Crippen LogP contribution >= 0.6 is 0 Å². The van der Waals surface area contributed by atoms with Crippen molar-refractivity contribution < 1.29 is 4.79 Å². The summed E-state index contributed by atoms with van der Waals surface area (Å²) in [6.07, 6.45) is 3.54. The molecule has 1 heterocycles. The van der Waals surface area contributed by atoms with Crippen LogP contribution in [0.2, 0.25) is 0 Å². The maximum Gasteiger partial charge on any atom is 0.246 e. The zero-order chi connectivity index (χ0) is 13.1. The van der Waals surface area contributed by atoms with E-state index in [2.05, 4.69) is 37.5 Å². The molecule has 0 bridgehead atoms. The first-order chi connectivity index (χ1) is 8.63. The quantitative estimate of drug-likeness (QED) is 0.784. The Kier molecular flexibility index (Phi) is 4.02. The molecule has 1 atom stereocenters. The molecule has 1 aliphatic rings. The van der Waals surface area contributed by atoms with E-state index in [4.69, 9.17) is 0 Å². The number of anilines is 1. The molecule has 2 rings (SSSR count). The normalized spacial score (nSPS) is 17.7. The molecule has 0 fully saturated rings. The van der Waals surface area contributed by atoms with Crippen LogP contribution in [0, 0.1) is 13.8 Å². The van der Waals surface area contributed by atoms with Crippen molar-refractivity contribution in [2.75, 3.05) is 11.9 Å². The molecule has 3 nitrogen and oxygen atoms in total. The van der Waals surface area contributed by atoms with Crippen LogP contribution in [0.1, 0.15) is 48.9 Å². The molecule has 18 heavy (non-hydrogen) atoms. The molecular weight excluding hydrogens is 224 g/mol. The highest BCUT2D eigenvalue weighted by Gasteiger charge is 2.31. The van der Waals surface area contributed by atoms with Gasteiger partial charge in [-0.3, -0.25) is 4.79 Å². The van der Waals surface area contributed by atoms with Gasteiger partial charge in [0.1, 0.15) is 6.04 Å². The summed E-state index contributed by atoms with van der Waals surface area (Å²) in [6.45, 7) is 7.22. The summed E-state index contributed by atoms with van der Waals surface area (Å²) < 4.78 is 0. The Morgan fingerprint density at radius 3 is 2.78 bits per heavy atom. The monoisotopic (exact) mass is 246 g/mol. The van der Waals surface area contributed by atoms with Gasteiger partial charge in [-0.2, -0.15) is 0 Å². The van der Waals surface area contributed by atoms with Crippen molar-refractivity contribution in [1.82, 2.24) is 5.32 Å². The van der Waals surface area contributed by atoms with Gasteiger partial charge in [0.25, 0.3) is 0 Å². The van der Waals surface area contributed by atoms with Gasteiger partial charge in [0, 0.05) is 11.3 Å². The average molecular weight is 246 g/mol. The first-order valence-electron chi connectivity index (χ1n) is 6.79. The number of carbonyl (C=O) groups is 1. The number of amides is 1. The predicted octanol–water partition coefficient (Wildman–Crippen LogP) is 3.08. The fourth-order valence-electron chi connectivity index (χ4n) is 2.62.